The largest absolute Gasteiger partial charge is 0.399 e. The van der Waals surface area contributed by atoms with Gasteiger partial charge in [-0.05, 0) is 38.5 Å². The maximum Gasteiger partial charge on any atom is 0.0672 e. The van der Waals surface area contributed by atoms with E-state index < -0.39 is 0 Å². The monoisotopic (exact) mass is 215 g/mol. The van der Waals surface area contributed by atoms with Crippen molar-refractivity contribution < 1.29 is 0 Å². The van der Waals surface area contributed by atoms with Crippen molar-refractivity contribution >= 4 is 5.69 Å². The molecule has 0 spiro atoms. The first-order valence-electron chi connectivity index (χ1n) is 5.49. The highest BCUT2D eigenvalue weighted by atomic mass is 15.3. The minimum absolute atomic E-state index is 0.383. The van der Waals surface area contributed by atoms with E-state index in [1.54, 1.807) is 0 Å². The van der Waals surface area contributed by atoms with E-state index >= 15 is 0 Å². The second-order valence-electron chi connectivity index (χ2n) is 4.33. The minimum Gasteiger partial charge on any atom is -0.399 e. The number of hydrogen-bond donors (Lipinski definition) is 1. The van der Waals surface area contributed by atoms with Crippen LogP contribution in [0.1, 0.15) is 25.6 Å². The summed E-state index contributed by atoms with van der Waals surface area (Å²) >= 11 is 0. The Hall–Kier alpha value is -1.77. The van der Waals surface area contributed by atoms with Crippen LogP contribution in [0.25, 0.3) is 11.1 Å². The summed E-state index contributed by atoms with van der Waals surface area (Å²) in [6.07, 6.45) is 2.08. The molecule has 1 aromatic heterocycles. The van der Waals surface area contributed by atoms with E-state index in [-0.39, 0.29) is 0 Å². The predicted octanol–water partition coefficient (Wildman–Crippen LogP) is 3.02. The fourth-order valence-corrected chi connectivity index (χ4v) is 1.74. The molecule has 0 unspecified atom stereocenters. The van der Waals surface area contributed by atoms with Gasteiger partial charge in [0.25, 0.3) is 0 Å². The van der Waals surface area contributed by atoms with Gasteiger partial charge in [0.15, 0.2) is 0 Å². The van der Waals surface area contributed by atoms with Crippen LogP contribution in [0.2, 0.25) is 0 Å². The predicted molar refractivity (Wildman–Crippen MR) is 67.2 cm³/mol. The van der Waals surface area contributed by atoms with E-state index in [4.69, 9.17) is 5.73 Å². The smallest absolute Gasteiger partial charge is 0.0672 e. The van der Waals surface area contributed by atoms with E-state index in [9.17, 15) is 0 Å². The number of nitrogens with two attached hydrogens (primary N) is 1. The number of nitrogen functional groups attached to an aromatic ring is 1. The highest BCUT2D eigenvalue weighted by molar-refractivity contribution is 5.68. The van der Waals surface area contributed by atoms with Crippen LogP contribution in [0.15, 0.2) is 30.5 Å². The van der Waals surface area contributed by atoms with Gasteiger partial charge in [0.1, 0.15) is 0 Å². The van der Waals surface area contributed by atoms with Gasteiger partial charge in [-0.1, -0.05) is 12.1 Å². The Morgan fingerprint density at radius 2 is 2.06 bits per heavy atom. The molecule has 0 bridgehead atoms. The molecule has 0 aliphatic carbocycles. The normalized spacial score (nSPS) is 11.0. The average Bonchev–Trinajstić information content (AvgIpc) is 2.60. The van der Waals surface area contributed by atoms with E-state index in [0.717, 1.165) is 22.5 Å². The SMILES string of the molecule is Cc1nn(C(C)C)cc1-c1cccc(N)c1. The lowest BCUT2D eigenvalue weighted by Gasteiger charge is -2.03. The molecule has 1 aromatic carbocycles. The number of anilines is 1. The lowest BCUT2D eigenvalue weighted by molar-refractivity contribution is 0.529. The summed E-state index contributed by atoms with van der Waals surface area (Å²) in [4.78, 5) is 0. The molecular weight excluding hydrogens is 198 g/mol. The summed E-state index contributed by atoms with van der Waals surface area (Å²) < 4.78 is 1.98. The summed E-state index contributed by atoms with van der Waals surface area (Å²) in [6, 6.07) is 8.29. The van der Waals surface area contributed by atoms with Crippen molar-refractivity contribution in [2.45, 2.75) is 26.8 Å². The summed E-state index contributed by atoms with van der Waals surface area (Å²) in [7, 11) is 0. The van der Waals surface area contributed by atoms with Gasteiger partial charge in [0.2, 0.25) is 0 Å². The van der Waals surface area contributed by atoms with Crippen molar-refractivity contribution in [1.29, 1.82) is 0 Å². The van der Waals surface area contributed by atoms with E-state index in [2.05, 4.69) is 31.2 Å². The molecule has 0 aliphatic heterocycles. The molecule has 1 heterocycles. The Balaban J connectivity index is 2.48. The lowest BCUT2D eigenvalue weighted by atomic mass is 10.1. The van der Waals surface area contributed by atoms with Gasteiger partial charge in [0, 0.05) is 23.5 Å². The van der Waals surface area contributed by atoms with E-state index in [0.29, 0.717) is 6.04 Å². The van der Waals surface area contributed by atoms with Gasteiger partial charge in [-0.2, -0.15) is 5.10 Å². The summed E-state index contributed by atoms with van der Waals surface area (Å²) in [6.45, 7) is 6.27. The molecule has 0 fully saturated rings. The van der Waals surface area contributed by atoms with Crippen LogP contribution in [0.3, 0.4) is 0 Å². The molecule has 2 rings (SSSR count). The molecule has 0 saturated heterocycles. The maximum atomic E-state index is 5.79. The summed E-state index contributed by atoms with van der Waals surface area (Å²) in [5.41, 5.74) is 9.90. The van der Waals surface area contributed by atoms with E-state index in [1.807, 2.05) is 29.8 Å². The summed E-state index contributed by atoms with van der Waals surface area (Å²) in [5, 5.41) is 4.49. The Kier molecular flexibility index (Phi) is 2.69. The van der Waals surface area contributed by atoms with Crippen molar-refractivity contribution in [3.8, 4) is 11.1 Å². The van der Waals surface area contributed by atoms with Crippen molar-refractivity contribution in [1.82, 2.24) is 9.78 Å². The van der Waals surface area contributed by atoms with Crippen LogP contribution in [-0.4, -0.2) is 9.78 Å². The zero-order valence-electron chi connectivity index (χ0n) is 9.94. The molecule has 16 heavy (non-hydrogen) atoms. The summed E-state index contributed by atoms with van der Waals surface area (Å²) in [5.74, 6) is 0. The molecule has 84 valence electrons. The number of rotatable bonds is 2. The molecule has 2 aromatic rings. The molecule has 0 atom stereocenters. The fraction of sp³-hybridized carbons (Fsp3) is 0.308. The van der Waals surface area contributed by atoms with Gasteiger partial charge in [0.05, 0.1) is 5.69 Å². The number of aromatic nitrogens is 2. The molecular formula is C13H17N3. The second-order valence-corrected chi connectivity index (χ2v) is 4.33. The van der Waals surface area contributed by atoms with Gasteiger partial charge in [-0.15, -0.1) is 0 Å². The first-order valence-corrected chi connectivity index (χ1v) is 5.49. The van der Waals surface area contributed by atoms with Gasteiger partial charge in [-0.3, -0.25) is 4.68 Å². The molecule has 0 amide bonds. The van der Waals surface area contributed by atoms with Gasteiger partial charge in [-0.25, -0.2) is 0 Å². The van der Waals surface area contributed by atoms with Crippen LogP contribution >= 0.6 is 0 Å². The molecule has 3 heteroatoms. The Labute approximate surface area is 95.9 Å². The first kappa shape index (κ1) is 10.7. The molecule has 0 radical (unpaired) electrons. The third kappa shape index (κ3) is 1.94. The van der Waals surface area contributed by atoms with Gasteiger partial charge >= 0.3 is 0 Å². The van der Waals surface area contributed by atoms with Crippen LogP contribution in [0, 0.1) is 6.92 Å². The number of aryl methyl sites for hydroxylation is 1. The quantitative estimate of drug-likeness (QED) is 0.782. The second kappa shape index (κ2) is 4.00. The minimum atomic E-state index is 0.383. The standard InChI is InChI=1S/C13H17N3/c1-9(2)16-8-13(10(3)15-16)11-5-4-6-12(14)7-11/h4-9H,14H2,1-3H3. The van der Waals surface area contributed by atoms with Crippen LogP contribution in [0.4, 0.5) is 5.69 Å². The maximum absolute atomic E-state index is 5.79. The third-order valence-corrected chi connectivity index (χ3v) is 2.64. The average molecular weight is 215 g/mol. The zero-order chi connectivity index (χ0) is 11.7. The Bertz CT molecular complexity index is 498. The van der Waals surface area contributed by atoms with Gasteiger partial charge < -0.3 is 5.73 Å². The van der Waals surface area contributed by atoms with Crippen molar-refractivity contribution in [3.63, 3.8) is 0 Å². The number of benzene rings is 1. The topological polar surface area (TPSA) is 43.8 Å². The highest BCUT2D eigenvalue weighted by Gasteiger charge is 2.08. The molecule has 2 N–H and O–H groups in total. The van der Waals surface area contributed by atoms with E-state index in [1.165, 1.54) is 0 Å². The lowest BCUT2D eigenvalue weighted by Crippen LogP contribution is -2.00. The zero-order valence-corrected chi connectivity index (χ0v) is 9.94. The van der Waals surface area contributed by atoms with Crippen LogP contribution < -0.4 is 5.73 Å². The van der Waals surface area contributed by atoms with Crippen molar-refractivity contribution in [3.05, 3.63) is 36.2 Å². The third-order valence-electron chi connectivity index (χ3n) is 2.64. The molecule has 0 saturated carbocycles. The van der Waals surface area contributed by atoms with Crippen LogP contribution in [0.5, 0.6) is 0 Å². The fourth-order valence-electron chi connectivity index (χ4n) is 1.74. The molecule has 0 aliphatic rings. The van der Waals surface area contributed by atoms with Crippen molar-refractivity contribution in [2.75, 3.05) is 5.73 Å². The number of nitrogens with zero attached hydrogens (tertiary/aromatic N) is 2. The molecule has 3 nitrogen and oxygen atoms in total. The van der Waals surface area contributed by atoms with Crippen molar-refractivity contribution in [2.24, 2.45) is 0 Å². The Morgan fingerprint density at radius 1 is 1.31 bits per heavy atom. The number of hydrogen-bond acceptors (Lipinski definition) is 2. The highest BCUT2D eigenvalue weighted by Crippen LogP contribution is 2.25. The Morgan fingerprint density at radius 3 is 2.62 bits per heavy atom. The first-order chi connectivity index (χ1) is 7.58. The van der Waals surface area contributed by atoms with Crippen LogP contribution in [-0.2, 0) is 0 Å².